The third-order valence-corrected chi connectivity index (χ3v) is 6.02. The minimum atomic E-state index is -0.528. The Hall–Kier alpha value is -3.64. The lowest BCUT2D eigenvalue weighted by Gasteiger charge is -2.20. The highest BCUT2D eigenvalue weighted by atomic mass is 16.5. The number of carbonyl (C=O) groups excluding carboxylic acids is 2. The van der Waals surface area contributed by atoms with Crippen molar-refractivity contribution in [2.45, 2.75) is 31.4 Å². The van der Waals surface area contributed by atoms with E-state index in [4.69, 9.17) is 14.2 Å². The Morgan fingerprint density at radius 1 is 0.882 bits per heavy atom. The highest BCUT2D eigenvalue weighted by Gasteiger charge is 2.29. The first-order valence-corrected chi connectivity index (χ1v) is 11.5. The zero-order chi connectivity index (χ0) is 23.8. The van der Waals surface area contributed by atoms with E-state index in [1.807, 2.05) is 54.6 Å². The molecule has 1 amide bonds. The average molecular weight is 460 g/mol. The van der Waals surface area contributed by atoms with E-state index in [0.29, 0.717) is 13.0 Å². The quantitative estimate of drug-likeness (QED) is 0.429. The van der Waals surface area contributed by atoms with Crippen molar-refractivity contribution >= 4 is 12.1 Å². The molecule has 0 heterocycles. The van der Waals surface area contributed by atoms with Crippen LogP contribution in [0.2, 0.25) is 0 Å². The molecule has 0 unspecified atom stereocenters. The summed E-state index contributed by atoms with van der Waals surface area (Å²) in [5, 5.41) is 2.86. The summed E-state index contributed by atoms with van der Waals surface area (Å²) in [6.07, 6.45) is 0.0468. The molecular formula is C28H29NO5. The molecule has 0 saturated carbocycles. The molecule has 1 N–H and O–H groups in total. The maximum Gasteiger partial charge on any atom is 0.407 e. The SMILES string of the molecule is COC(=O)CC[C@H](COCc1ccccc1)NC(=O)OCC1c2ccccc2-c2ccccc21. The third kappa shape index (κ3) is 5.83. The zero-order valence-corrected chi connectivity index (χ0v) is 19.2. The normalized spacial score (nSPS) is 13.0. The van der Waals surface area contributed by atoms with Crippen molar-refractivity contribution < 1.29 is 23.8 Å². The van der Waals surface area contributed by atoms with Crippen LogP contribution >= 0.6 is 0 Å². The van der Waals surface area contributed by atoms with Crippen LogP contribution in [-0.4, -0.2) is 38.4 Å². The van der Waals surface area contributed by atoms with Crippen molar-refractivity contribution in [3.8, 4) is 11.1 Å². The molecule has 0 fully saturated rings. The van der Waals surface area contributed by atoms with Crippen LogP contribution in [0.1, 0.15) is 35.4 Å². The number of alkyl carbamates (subject to hydrolysis) is 1. The monoisotopic (exact) mass is 459 g/mol. The Kier molecular flexibility index (Phi) is 7.94. The van der Waals surface area contributed by atoms with Crippen LogP contribution in [0.4, 0.5) is 4.79 Å². The molecule has 1 aliphatic carbocycles. The first kappa shape index (κ1) is 23.5. The second kappa shape index (κ2) is 11.5. The number of amides is 1. The first-order chi connectivity index (χ1) is 16.7. The van der Waals surface area contributed by atoms with Crippen molar-refractivity contribution in [3.63, 3.8) is 0 Å². The van der Waals surface area contributed by atoms with Gasteiger partial charge < -0.3 is 19.5 Å². The van der Waals surface area contributed by atoms with E-state index in [9.17, 15) is 9.59 Å². The maximum absolute atomic E-state index is 12.7. The minimum Gasteiger partial charge on any atom is -0.469 e. The molecule has 6 heteroatoms. The highest BCUT2D eigenvalue weighted by Crippen LogP contribution is 2.44. The molecule has 4 rings (SSSR count). The number of benzene rings is 3. The van der Waals surface area contributed by atoms with Gasteiger partial charge >= 0.3 is 12.1 Å². The summed E-state index contributed by atoms with van der Waals surface area (Å²) in [6, 6.07) is 25.8. The standard InChI is InChI=1S/C28H29NO5/c1-32-27(30)16-15-21(18-33-17-20-9-3-2-4-10-20)29-28(31)34-19-26-24-13-7-5-11-22(24)23-12-6-8-14-25(23)26/h2-14,21,26H,15-19H2,1H3,(H,29,31)/t21-/m1/s1. The van der Waals surface area contributed by atoms with E-state index in [2.05, 4.69) is 29.6 Å². The van der Waals surface area contributed by atoms with E-state index in [0.717, 1.165) is 16.7 Å². The molecule has 1 aliphatic rings. The van der Waals surface area contributed by atoms with Crippen LogP contribution < -0.4 is 5.32 Å². The number of hydrogen-bond acceptors (Lipinski definition) is 5. The number of fused-ring (bicyclic) bond motifs is 3. The molecule has 0 aliphatic heterocycles. The highest BCUT2D eigenvalue weighted by molar-refractivity contribution is 5.79. The molecular weight excluding hydrogens is 430 g/mol. The summed E-state index contributed by atoms with van der Waals surface area (Å²) in [7, 11) is 1.35. The largest absolute Gasteiger partial charge is 0.469 e. The van der Waals surface area contributed by atoms with Gasteiger partial charge in [0, 0.05) is 12.3 Å². The maximum atomic E-state index is 12.7. The lowest BCUT2D eigenvalue weighted by Crippen LogP contribution is -2.39. The minimum absolute atomic E-state index is 0.0130. The molecule has 6 nitrogen and oxygen atoms in total. The van der Waals surface area contributed by atoms with E-state index >= 15 is 0 Å². The van der Waals surface area contributed by atoms with Gasteiger partial charge in [-0.2, -0.15) is 0 Å². The van der Waals surface area contributed by atoms with Crippen molar-refractivity contribution in [2.75, 3.05) is 20.3 Å². The lowest BCUT2D eigenvalue weighted by atomic mass is 9.98. The van der Waals surface area contributed by atoms with E-state index in [-0.39, 0.29) is 37.6 Å². The van der Waals surface area contributed by atoms with Gasteiger partial charge in [-0.15, -0.1) is 0 Å². The van der Waals surface area contributed by atoms with E-state index < -0.39 is 6.09 Å². The number of methoxy groups -OCH3 is 1. The van der Waals surface area contributed by atoms with Gasteiger partial charge in [0.15, 0.2) is 0 Å². The van der Waals surface area contributed by atoms with Gasteiger partial charge in [-0.1, -0.05) is 78.9 Å². The Morgan fingerprint density at radius 2 is 1.50 bits per heavy atom. The smallest absolute Gasteiger partial charge is 0.407 e. The van der Waals surface area contributed by atoms with E-state index in [1.54, 1.807) is 0 Å². The topological polar surface area (TPSA) is 73.9 Å². The summed E-state index contributed by atoms with van der Waals surface area (Å²) in [4.78, 5) is 24.3. The molecule has 0 saturated heterocycles. The van der Waals surface area contributed by atoms with E-state index in [1.165, 1.54) is 18.2 Å². The molecule has 0 radical (unpaired) electrons. The molecule has 3 aromatic carbocycles. The van der Waals surface area contributed by atoms with Crippen LogP contribution in [0.25, 0.3) is 11.1 Å². The zero-order valence-electron chi connectivity index (χ0n) is 19.2. The van der Waals surface area contributed by atoms with Crippen LogP contribution in [0.5, 0.6) is 0 Å². The summed E-state index contributed by atoms with van der Waals surface area (Å²) in [6.45, 7) is 0.909. The molecule has 0 aromatic heterocycles. The number of hydrogen-bond donors (Lipinski definition) is 1. The van der Waals surface area contributed by atoms with Gasteiger partial charge in [0.05, 0.1) is 26.4 Å². The molecule has 1 atom stereocenters. The Bertz CT molecular complexity index is 1070. The number of nitrogens with one attached hydrogen (secondary N) is 1. The predicted octanol–water partition coefficient (Wildman–Crippen LogP) is 5.06. The van der Waals surface area contributed by atoms with Crippen LogP contribution in [-0.2, 0) is 25.6 Å². The Labute approximate surface area is 199 Å². The van der Waals surface area contributed by atoms with Gasteiger partial charge in [-0.25, -0.2) is 4.79 Å². The number of rotatable bonds is 10. The number of ether oxygens (including phenoxy) is 3. The van der Waals surface area contributed by atoms with Gasteiger partial charge in [0.1, 0.15) is 6.61 Å². The van der Waals surface area contributed by atoms with Gasteiger partial charge in [0.25, 0.3) is 0 Å². The Morgan fingerprint density at radius 3 is 2.15 bits per heavy atom. The molecule has 3 aromatic rings. The first-order valence-electron chi connectivity index (χ1n) is 11.5. The second-order valence-corrected chi connectivity index (χ2v) is 8.28. The van der Waals surface area contributed by atoms with Crippen molar-refractivity contribution in [3.05, 3.63) is 95.6 Å². The fraction of sp³-hybridized carbons (Fsp3) is 0.286. The van der Waals surface area contributed by atoms with Gasteiger partial charge in [0.2, 0.25) is 0 Å². The van der Waals surface area contributed by atoms with Gasteiger partial charge in [-0.3, -0.25) is 4.79 Å². The second-order valence-electron chi connectivity index (χ2n) is 8.28. The van der Waals surface area contributed by atoms with Crippen molar-refractivity contribution in [2.24, 2.45) is 0 Å². The lowest BCUT2D eigenvalue weighted by molar-refractivity contribution is -0.140. The summed E-state index contributed by atoms with van der Waals surface area (Å²) >= 11 is 0. The Balaban J connectivity index is 1.35. The molecule has 0 bridgehead atoms. The van der Waals surface area contributed by atoms with Crippen LogP contribution in [0, 0.1) is 0 Å². The fourth-order valence-electron chi connectivity index (χ4n) is 4.29. The van der Waals surface area contributed by atoms with Crippen molar-refractivity contribution in [1.29, 1.82) is 0 Å². The summed E-state index contributed by atoms with van der Waals surface area (Å²) in [5.74, 6) is -0.344. The molecule has 176 valence electrons. The number of esters is 1. The molecule has 0 spiro atoms. The predicted molar refractivity (Wildman–Crippen MR) is 129 cm³/mol. The summed E-state index contributed by atoms with van der Waals surface area (Å²) < 4.78 is 16.2. The number of carbonyl (C=O) groups is 2. The fourth-order valence-corrected chi connectivity index (χ4v) is 4.29. The third-order valence-electron chi connectivity index (χ3n) is 6.02. The van der Waals surface area contributed by atoms with Gasteiger partial charge in [-0.05, 0) is 34.2 Å². The molecule has 34 heavy (non-hydrogen) atoms. The van der Waals surface area contributed by atoms with Crippen LogP contribution in [0.3, 0.4) is 0 Å². The van der Waals surface area contributed by atoms with Crippen LogP contribution in [0.15, 0.2) is 78.9 Å². The average Bonchev–Trinajstić information content (AvgIpc) is 3.20. The van der Waals surface area contributed by atoms with Crippen molar-refractivity contribution in [1.82, 2.24) is 5.32 Å². The summed E-state index contributed by atoms with van der Waals surface area (Å²) in [5.41, 5.74) is 5.71.